The molecule has 64 valence electrons. The Hall–Kier alpha value is -0.570. The van der Waals surface area contributed by atoms with Gasteiger partial charge < -0.3 is 4.90 Å². The zero-order valence-electron chi connectivity index (χ0n) is 7.42. The number of carbonyl (C=O) groups excluding carboxylic acids is 1. The number of likely N-dealkylation sites (N-methyl/N-ethyl adjacent to an activating group) is 1. The van der Waals surface area contributed by atoms with Crippen molar-refractivity contribution in [1.82, 2.24) is 10.2 Å². The van der Waals surface area contributed by atoms with E-state index in [4.69, 9.17) is 0 Å². The zero-order valence-corrected chi connectivity index (χ0v) is 7.42. The van der Waals surface area contributed by atoms with Gasteiger partial charge in [0.1, 0.15) is 0 Å². The van der Waals surface area contributed by atoms with Crippen molar-refractivity contribution >= 4 is 5.91 Å². The van der Waals surface area contributed by atoms with Crippen LogP contribution in [-0.2, 0) is 4.79 Å². The minimum atomic E-state index is 0.0694. The molecule has 1 aliphatic rings. The molecule has 0 aliphatic carbocycles. The summed E-state index contributed by atoms with van der Waals surface area (Å²) in [5.74, 6) is 0.821. The highest BCUT2D eigenvalue weighted by molar-refractivity contribution is 5.83. The predicted octanol–water partition coefficient (Wildman–Crippen LogP) is 0.420. The molecule has 0 spiro atoms. The van der Waals surface area contributed by atoms with E-state index in [-0.39, 0.29) is 11.9 Å². The van der Waals surface area contributed by atoms with Gasteiger partial charge in [-0.05, 0) is 12.3 Å². The van der Waals surface area contributed by atoms with E-state index in [2.05, 4.69) is 19.2 Å². The van der Waals surface area contributed by atoms with Gasteiger partial charge in [-0.25, -0.2) is 0 Å². The quantitative estimate of drug-likeness (QED) is 0.628. The van der Waals surface area contributed by atoms with E-state index in [0.717, 1.165) is 6.42 Å². The third-order valence-electron chi connectivity index (χ3n) is 1.96. The van der Waals surface area contributed by atoms with Crippen LogP contribution in [0.3, 0.4) is 0 Å². The molecule has 0 aromatic heterocycles. The second-order valence-corrected chi connectivity index (χ2v) is 3.58. The maximum atomic E-state index is 11.3. The van der Waals surface area contributed by atoms with E-state index in [1.807, 2.05) is 7.05 Å². The van der Waals surface area contributed by atoms with Gasteiger partial charge in [-0.1, -0.05) is 13.8 Å². The number of nitrogens with one attached hydrogen (secondary N) is 1. The Balaban J connectivity index is 2.42. The maximum absolute atomic E-state index is 11.3. The monoisotopic (exact) mass is 156 g/mol. The van der Waals surface area contributed by atoms with Crippen LogP contribution < -0.4 is 5.32 Å². The lowest BCUT2D eigenvalue weighted by Gasteiger charge is -2.10. The van der Waals surface area contributed by atoms with Crippen molar-refractivity contribution in [3.63, 3.8) is 0 Å². The van der Waals surface area contributed by atoms with Crippen LogP contribution in [0.1, 0.15) is 20.3 Å². The fourth-order valence-corrected chi connectivity index (χ4v) is 1.33. The van der Waals surface area contributed by atoms with Crippen molar-refractivity contribution in [2.45, 2.75) is 26.3 Å². The van der Waals surface area contributed by atoms with Crippen molar-refractivity contribution in [2.75, 3.05) is 13.7 Å². The first kappa shape index (κ1) is 8.53. The minimum absolute atomic E-state index is 0.0694. The molecule has 3 heteroatoms. The Morgan fingerprint density at radius 3 is 2.73 bits per heavy atom. The Bertz CT molecular complexity index is 156. The van der Waals surface area contributed by atoms with Gasteiger partial charge in [-0.15, -0.1) is 0 Å². The van der Waals surface area contributed by atoms with E-state index in [9.17, 15) is 4.79 Å². The van der Waals surface area contributed by atoms with Crippen LogP contribution >= 0.6 is 0 Å². The van der Waals surface area contributed by atoms with Gasteiger partial charge >= 0.3 is 0 Å². The first-order valence-corrected chi connectivity index (χ1v) is 4.09. The van der Waals surface area contributed by atoms with Gasteiger partial charge in [0.15, 0.2) is 0 Å². The summed E-state index contributed by atoms with van der Waals surface area (Å²) in [6.45, 7) is 4.97. The summed E-state index contributed by atoms with van der Waals surface area (Å²) in [5.41, 5.74) is 0. The van der Waals surface area contributed by atoms with Crippen molar-refractivity contribution in [2.24, 2.45) is 5.92 Å². The number of carbonyl (C=O) groups is 1. The molecule has 1 fully saturated rings. The van der Waals surface area contributed by atoms with E-state index in [0.29, 0.717) is 12.6 Å². The molecule has 0 saturated carbocycles. The highest BCUT2D eigenvalue weighted by atomic mass is 16.2. The molecule has 0 radical (unpaired) electrons. The number of rotatable bonds is 2. The molecule has 1 heterocycles. The third kappa shape index (κ3) is 1.93. The van der Waals surface area contributed by atoms with Gasteiger partial charge in [0.2, 0.25) is 5.91 Å². The molecule has 3 nitrogen and oxygen atoms in total. The van der Waals surface area contributed by atoms with Crippen LogP contribution in [0, 0.1) is 5.92 Å². The van der Waals surface area contributed by atoms with E-state index >= 15 is 0 Å². The molecule has 1 unspecified atom stereocenters. The molecular formula is C8H16N2O. The molecular weight excluding hydrogens is 140 g/mol. The first-order valence-electron chi connectivity index (χ1n) is 4.09. The van der Waals surface area contributed by atoms with Gasteiger partial charge in [-0.3, -0.25) is 10.1 Å². The standard InChI is InChI=1S/C8H16N2O/c1-6(2)4-7-8(11)10(3)5-9-7/h6-7,9H,4-5H2,1-3H3. The molecule has 1 saturated heterocycles. The second-order valence-electron chi connectivity index (χ2n) is 3.58. The summed E-state index contributed by atoms with van der Waals surface area (Å²) in [6, 6.07) is 0.0694. The number of amides is 1. The molecule has 1 aliphatic heterocycles. The van der Waals surface area contributed by atoms with Gasteiger partial charge in [0.05, 0.1) is 12.7 Å². The molecule has 1 atom stereocenters. The highest BCUT2D eigenvalue weighted by Crippen LogP contribution is 2.10. The lowest BCUT2D eigenvalue weighted by atomic mass is 10.0. The number of hydrogen-bond donors (Lipinski definition) is 1. The summed E-state index contributed by atoms with van der Waals surface area (Å²) >= 11 is 0. The minimum Gasteiger partial charge on any atom is -0.332 e. The van der Waals surface area contributed by atoms with Crippen molar-refractivity contribution < 1.29 is 4.79 Å². The first-order chi connectivity index (χ1) is 5.11. The Labute approximate surface area is 67.8 Å². The van der Waals surface area contributed by atoms with Gasteiger partial charge in [-0.2, -0.15) is 0 Å². The van der Waals surface area contributed by atoms with Crippen LogP contribution in [0.15, 0.2) is 0 Å². The fourth-order valence-electron chi connectivity index (χ4n) is 1.33. The van der Waals surface area contributed by atoms with E-state index < -0.39 is 0 Å². The summed E-state index contributed by atoms with van der Waals surface area (Å²) in [6.07, 6.45) is 0.948. The van der Waals surface area contributed by atoms with E-state index in [1.165, 1.54) is 0 Å². The summed E-state index contributed by atoms with van der Waals surface area (Å²) in [7, 11) is 1.83. The lowest BCUT2D eigenvalue weighted by molar-refractivity contribution is -0.128. The molecule has 1 N–H and O–H groups in total. The predicted molar refractivity (Wildman–Crippen MR) is 44.0 cm³/mol. The van der Waals surface area contributed by atoms with Crippen LogP contribution in [-0.4, -0.2) is 30.6 Å². The highest BCUT2D eigenvalue weighted by Gasteiger charge is 2.28. The van der Waals surface area contributed by atoms with Crippen LogP contribution in [0.5, 0.6) is 0 Å². The van der Waals surface area contributed by atoms with E-state index in [1.54, 1.807) is 4.90 Å². The average Bonchev–Trinajstić information content (AvgIpc) is 2.18. The van der Waals surface area contributed by atoms with Crippen LogP contribution in [0.25, 0.3) is 0 Å². The normalized spacial score (nSPS) is 25.3. The summed E-state index contributed by atoms with van der Waals surface area (Å²) < 4.78 is 0. The topological polar surface area (TPSA) is 32.3 Å². The SMILES string of the molecule is CC(C)CC1NCN(C)C1=O. The number of hydrogen-bond acceptors (Lipinski definition) is 2. The maximum Gasteiger partial charge on any atom is 0.240 e. The van der Waals surface area contributed by atoms with Crippen molar-refractivity contribution in [3.05, 3.63) is 0 Å². The van der Waals surface area contributed by atoms with Crippen molar-refractivity contribution in [3.8, 4) is 0 Å². The summed E-state index contributed by atoms with van der Waals surface area (Å²) in [4.78, 5) is 13.0. The molecule has 11 heavy (non-hydrogen) atoms. The Morgan fingerprint density at radius 2 is 2.36 bits per heavy atom. The Kier molecular flexibility index (Phi) is 2.49. The third-order valence-corrected chi connectivity index (χ3v) is 1.96. The van der Waals surface area contributed by atoms with Gasteiger partial charge in [0, 0.05) is 7.05 Å². The molecule has 0 bridgehead atoms. The largest absolute Gasteiger partial charge is 0.332 e. The fraction of sp³-hybridized carbons (Fsp3) is 0.875. The molecule has 0 aromatic rings. The number of nitrogens with zero attached hydrogens (tertiary/aromatic N) is 1. The molecule has 1 rings (SSSR count). The molecule has 0 aromatic carbocycles. The zero-order chi connectivity index (χ0) is 8.43. The summed E-state index contributed by atoms with van der Waals surface area (Å²) in [5, 5.41) is 3.16. The van der Waals surface area contributed by atoms with Crippen molar-refractivity contribution in [1.29, 1.82) is 0 Å². The Morgan fingerprint density at radius 1 is 1.73 bits per heavy atom. The smallest absolute Gasteiger partial charge is 0.240 e. The van der Waals surface area contributed by atoms with Gasteiger partial charge in [0.25, 0.3) is 0 Å². The van der Waals surface area contributed by atoms with Crippen LogP contribution in [0.2, 0.25) is 0 Å². The second kappa shape index (κ2) is 3.22. The molecule has 1 amide bonds. The lowest BCUT2D eigenvalue weighted by Crippen LogP contribution is -2.30. The average molecular weight is 156 g/mol. The van der Waals surface area contributed by atoms with Crippen LogP contribution in [0.4, 0.5) is 0 Å².